The standard InChI is InChI=1S/C19H18N4O3S/c1-11-4-3-5-15(12(11)2)22-17(25)8-14-10-27-19(21-14)23-18(26)13-6-7-16(24)20-9-13/h3-7,9-10H,8H2,1-2H3,(H,20,24)(H,22,25)(H,21,23,26). The second kappa shape index (κ2) is 7.96. The van der Waals surface area contributed by atoms with Gasteiger partial charge >= 0.3 is 0 Å². The number of nitrogens with one attached hydrogen (secondary N) is 3. The van der Waals surface area contributed by atoms with Crippen molar-refractivity contribution in [3.8, 4) is 0 Å². The van der Waals surface area contributed by atoms with Gasteiger partial charge in [-0.25, -0.2) is 4.98 Å². The van der Waals surface area contributed by atoms with Crippen LogP contribution in [-0.2, 0) is 11.2 Å². The number of aryl methyl sites for hydroxylation is 1. The van der Waals surface area contributed by atoms with Gasteiger partial charge in [-0.15, -0.1) is 11.3 Å². The Bertz CT molecular complexity index is 1030. The summed E-state index contributed by atoms with van der Waals surface area (Å²) < 4.78 is 0. The fraction of sp³-hybridized carbons (Fsp3) is 0.158. The van der Waals surface area contributed by atoms with Crippen molar-refractivity contribution < 1.29 is 9.59 Å². The van der Waals surface area contributed by atoms with E-state index in [1.54, 1.807) is 5.38 Å². The highest BCUT2D eigenvalue weighted by Crippen LogP contribution is 2.20. The highest BCUT2D eigenvalue weighted by molar-refractivity contribution is 7.14. The van der Waals surface area contributed by atoms with Crippen LogP contribution in [0.3, 0.4) is 0 Å². The van der Waals surface area contributed by atoms with Gasteiger partial charge in [0.15, 0.2) is 5.13 Å². The van der Waals surface area contributed by atoms with Crippen molar-refractivity contribution in [1.29, 1.82) is 0 Å². The summed E-state index contributed by atoms with van der Waals surface area (Å²) in [5.74, 6) is -0.556. The molecule has 8 heteroatoms. The molecule has 2 heterocycles. The molecule has 3 aromatic rings. The molecule has 3 N–H and O–H groups in total. The number of rotatable bonds is 5. The van der Waals surface area contributed by atoms with E-state index in [-0.39, 0.29) is 23.8 Å². The van der Waals surface area contributed by atoms with E-state index < -0.39 is 0 Å². The average Bonchev–Trinajstić information content (AvgIpc) is 3.06. The summed E-state index contributed by atoms with van der Waals surface area (Å²) in [4.78, 5) is 42.1. The molecule has 3 rings (SSSR count). The van der Waals surface area contributed by atoms with Crippen molar-refractivity contribution >= 4 is 34.0 Å². The van der Waals surface area contributed by atoms with Crippen molar-refractivity contribution in [2.45, 2.75) is 20.3 Å². The zero-order valence-electron chi connectivity index (χ0n) is 14.8. The van der Waals surface area contributed by atoms with Gasteiger partial charge in [-0.05, 0) is 37.1 Å². The Morgan fingerprint density at radius 2 is 1.96 bits per heavy atom. The van der Waals surface area contributed by atoms with E-state index in [1.165, 1.54) is 29.7 Å². The van der Waals surface area contributed by atoms with Crippen molar-refractivity contribution in [3.63, 3.8) is 0 Å². The van der Waals surface area contributed by atoms with Gasteiger partial charge in [0.2, 0.25) is 11.5 Å². The first-order chi connectivity index (χ1) is 12.9. The van der Waals surface area contributed by atoms with Crippen molar-refractivity contribution in [2.24, 2.45) is 0 Å². The van der Waals surface area contributed by atoms with E-state index >= 15 is 0 Å². The van der Waals surface area contributed by atoms with Gasteiger partial charge in [0.1, 0.15) is 0 Å². The van der Waals surface area contributed by atoms with Crippen molar-refractivity contribution in [2.75, 3.05) is 10.6 Å². The van der Waals surface area contributed by atoms with Crippen LogP contribution in [0.5, 0.6) is 0 Å². The second-order valence-corrected chi connectivity index (χ2v) is 6.87. The summed E-state index contributed by atoms with van der Waals surface area (Å²) in [6.07, 6.45) is 1.45. The number of amides is 2. The van der Waals surface area contributed by atoms with E-state index in [0.717, 1.165) is 16.8 Å². The summed E-state index contributed by atoms with van der Waals surface area (Å²) in [7, 11) is 0. The molecule has 0 unspecified atom stereocenters. The monoisotopic (exact) mass is 382 g/mol. The Balaban J connectivity index is 1.61. The van der Waals surface area contributed by atoms with E-state index in [2.05, 4.69) is 20.6 Å². The zero-order valence-corrected chi connectivity index (χ0v) is 15.6. The SMILES string of the molecule is Cc1cccc(NC(=O)Cc2csc(NC(=O)c3ccc(=O)[nH]c3)n2)c1C. The van der Waals surface area contributed by atoms with E-state index in [9.17, 15) is 14.4 Å². The molecule has 0 radical (unpaired) electrons. The minimum atomic E-state index is -0.382. The number of carbonyl (C=O) groups is 2. The lowest BCUT2D eigenvalue weighted by molar-refractivity contribution is -0.115. The van der Waals surface area contributed by atoms with Gasteiger partial charge in [-0.1, -0.05) is 12.1 Å². The van der Waals surface area contributed by atoms with Crippen molar-refractivity contribution in [1.82, 2.24) is 9.97 Å². The van der Waals surface area contributed by atoms with E-state index in [1.807, 2.05) is 32.0 Å². The third-order valence-corrected chi connectivity index (χ3v) is 4.85. The van der Waals surface area contributed by atoms with Crippen LogP contribution in [0, 0.1) is 13.8 Å². The Labute approximate surface area is 159 Å². The van der Waals surface area contributed by atoms with Crippen LogP contribution in [-0.4, -0.2) is 21.8 Å². The fourth-order valence-corrected chi connectivity index (χ4v) is 3.12. The van der Waals surface area contributed by atoms with Gasteiger partial charge in [0.05, 0.1) is 17.7 Å². The number of nitrogens with zero attached hydrogens (tertiary/aromatic N) is 1. The molecule has 2 aromatic heterocycles. The number of aromatic nitrogens is 2. The summed E-state index contributed by atoms with van der Waals surface area (Å²) in [5.41, 5.74) is 3.52. The molecule has 0 atom stereocenters. The molecule has 7 nitrogen and oxygen atoms in total. The lowest BCUT2D eigenvalue weighted by atomic mass is 10.1. The maximum Gasteiger partial charge on any atom is 0.258 e. The molecule has 0 aliphatic carbocycles. The minimum absolute atomic E-state index is 0.110. The lowest BCUT2D eigenvalue weighted by Gasteiger charge is -2.09. The first-order valence-electron chi connectivity index (χ1n) is 8.23. The highest BCUT2D eigenvalue weighted by Gasteiger charge is 2.12. The van der Waals surface area contributed by atoms with Crippen LogP contribution in [0.25, 0.3) is 0 Å². The molecule has 0 spiro atoms. The topological polar surface area (TPSA) is 104 Å². The quantitative estimate of drug-likeness (QED) is 0.631. The summed E-state index contributed by atoms with van der Waals surface area (Å²) in [6.45, 7) is 3.95. The van der Waals surface area contributed by atoms with Crippen LogP contribution < -0.4 is 16.2 Å². The molecule has 2 amide bonds. The van der Waals surface area contributed by atoms with Crippen LogP contribution in [0.15, 0.2) is 46.7 Å². The molecule has 0 saturated carbocycles. The Kier molecular flexibility index (Phi) is 5.46. The molecule has 0 bridgehead atoms. The number of carbonyl (C=O) groups excluding carboxylic acids is 2. The average molecular weight is 382 g/mol. The molecular weight excluding hydrogens is 364 g/mol. The van der Waals surface area contributed by atoms with E-state index in [0.29, 0.717) is 16.4 Å². The second-order valence-electron chi connectivity index (χ2n) is 6.01. The minimum Gasteiger partial charge on any atom is -0.328 e. The summed E-state index contributed by atoms with van der Waals surface area (Å²) in [6, 6.07) is 8.45. The van der Waals surface area contributed by atoms with Crippen molar-refractivity contribution in [3.05, 3.63) is 74.6 Å². The number of benzene rings is 1. The first-order valence-corrected chi connectivity index (χ1v) is 9.11. The highest BCUT2D eigenvalue weighted by atomic mass is 32.1. The lowest BCUT2D eigenvalue weighted by Crippen LogP contribution is -2.16. The fourth-order valence-electron chi connectivity index (χ4n) is 2.41. The van der Waals surface area contributed by atoms with Crippen LogP contribution in [0.2, 0.25) is 0 Å². The van der Waals surface area contributed by atoms with E-state index in [4.69, 9.17) is 0 Å². The summed E-state index contributed by atoms with van der Waals surface area (Å²) in [5, 5.41) is 7.65. The number of hydrogen-bond donors (Lipinski definition) is 3. The predicted octanol–water partition coefficient (Wildman–Crippen LogP) is 2.88. The third-order valence-electron chi connectivity index (χ3n) is 4.04. The molecule has 138 valence electrons. The van der Waals surface area contributed by atoms with Gasteiger partial charge in [-0.2, -0.15) is 0 Å². The van der Waals surface area contributed by atoms with Crippen LogP contribution in [0.4, 0.5) is 10.8 Å². The molecule has 0 fully saturated rings. The number of pyridine rings is 1. The van der Waals surface area contributed by atoms with Crippen LogP contribution >= 0.6 is 11.3 Å². The summed E-state index contributed by atoms with van der Waals surface area (Å²) >= 11 is 1.23. The zero-order chi connectivity index (χ0) is 19.4. The van der Waals surface area contributed by atoms with Gasteiger partial charge in [-0.3, -0.25) is 19.7 Å². The Morgan fingerprint density at radius 3 is 2.70 bits per heavy atom. The van der Waals surface area contributed by atoms with Gasteiger partial charge < -0.3 is 10.3 Å². The maximum atomic E-state index is 12.3. The van der Waals surface area contributed by atoms with Crippen LogP contribution in [0.1, 0.15) is 27.2 Å². The number of thiazole rings is 1. The molecule has 1 aromatic carbocycles. The number of hydrogen-bond acceptors (Lipinski definition) is 5. The maximum absolute atomic E-state index is 12.3. The molecule has 0 saturated heterocycles. The van der Waals surface area contributed by atoms with Gasteiger partial charge in [0, 0.05) is 23.3 Å². The normalized spacial score (nSPS) is 10.4. The molecule has 0 aliphatic heterocycles. The largest absolute Gasteiger partial charge is 0.328 e. The number of H-pyrrole nitrogens is 1. The smallest absolute Gasteiger partial charge is 0.258 e. The predicted molar refractivity (Wildman–Crippen MR) is 105 cm³/mol. The number of aromatic amines is 1. The number of anilines is 2. The Hall–Kier alpha value is -3.26. The Morgan fingerprint density at radius 1 is 1.15 bits per heavy atom. The molecule has 27 heavy (non-hydrogen) atoms. The molecular formula is C19H18N4O3S. The van der Waals surface area contributed by atoms with Gasteiger partial charge in [0.25, 0.3) is 5.91 Å². The molecule has 0 aliphatic rings. The third kappa shape index (κ3) is 4.68. The first kappa shape index (κ1) is 18.5.